The molecule has 33 heavy (non-hydrogen) atoms. The first-order chi connectivity index (χ1) is 15.0. The van der Waals surface area contributed by atoms with Crippen molar-refractivity contribution in [2.75, 3.05) is 0 Å². The van der Waals surface area contributed by atoms with Gasteiger partial charge in [0.1, 0.15) is 0 Å². The van der Waals surface area contributed by atoms with Crippen molar-refractivity contribution in [2.45, 2.75) is 0 Å². The van der Waals surface area contributed by atoms with Crippen LogP contribution >= 0.6 is 148 Å². The van der Waals surface area contributed by atoms with Crippen LogP contribution in [0.5, 0.6) is 0 Å². The van der Waals surface area contributed by atoms with E-state index in [1.54, 1.807) is 0 Å². The van der Waals surface area contributed by atoms with Gasteiger partial charge in [-0.25, -0.2) is 0 Å². The van der Waals surface area contributed by atoms with Crippen molar-refractivity contribution in [3.8, 4) is 0 Å². The molecule has 0 aliphatic rings. The molecule has 3 aromatic carbocycles. The van der Waals surface area contributed by atoms with Crippen molar-refractivity contribution >= 4 is 181 Å². The van der Waals surface area contributed by atoms with E-state index in [-0.39, 0.29) is 0 Å². The quantitative estimate of drug-likeness (QED) is 0.182. The molecule has 0 bridgehead atoms. The average Bonchev–Trinajstić information content (AvgIpc) is 2.67. The molecule has 3 aromatic rings. The maximum atomic E-state index is 5.80. The molecule has 180 valence electrons. The SMILES string of the molecule is Cl[Si](Cl)(Cl)c1ccc(Br)cc1.Cl[Si](Cl)(Cl)c1cccc(Br)c1.Cl[Si](Cl)(Cl)c1ccccc1Br. The molecule has 0 aliphatic heterocycles. The predicted octanol–water partition coefficient (Wildman–Crippen LogP) is 9.93. The first-order valence-electron chi connectivity index (χ1n) is 8.49. The van der Waals surface area contributed by atoms with E-state index in [1.807, 2.05) is 72.8 Å². The molecule has 0 aliphatic carbocycles. The van der Waals surface area contributed by atoms with Crippen LogP contribution in [0.1, 0.15) is 0 Å². The zero-order valence-electron chi connectivity index (χ0n) is 16.0. The first kappa shape index (κ1) is 33.4. The van der Waals surface area contributed by atoms with Crippen molar-refractivity contribution in [3.63, 3.8) is 0 Å². The van der Waals surface area contributed by atoms with Gasteiger partial charge in [-0.2, -0.15) is 0 Å². The normalized spacial score (nSPS) is 11.6. The minimum atomic E-state index is -2.71. The fourth-order valence-corrected chi connectivity index (χ4v) is 10.5. The fourth-order valence-electron chi connectivity index (χ4n) is 1.99. The summed E-state index contributed by atoms with van der Waals surface area (Å²) < 4.78 is 2.80. The van der Waals surface area contributed by atoms with Crippen LogP contribution < -0.4 is 15.6 Å². The van der Waals surface area contributed by atoms with Crippen molar-refractivity contribution in [1.29, 1.82) is 0 Å². The number of benzene rings is 3. The zero-order valence-corrected chi connectivity index (χ0v) is 30.5. The summed E-state index contributed by atoms with van der Waals surface area (Å²) in [5.41, 5.74) is 0. The smallest absolute Gasteiger partial charge is 0.121 e. The van der Waals surface area contributed by atoms with Crippen LogP contribution in [0.4, 0.5) is 0 Å². The lowest BCUT2D eigenvalue weighted by atomic mass is 10.4. The Morgan fingerprint density at radius 1 is 0.455 bits per heavy atom. The maximum Gasteiger partial charge on any atom is 0.374 e. The van der Waals surface area contributed by atoms with Gasteiger partial charge in [-0.3, -0.25) is 0 Å². The third kappa shape index (κ3) is 13.6. The van der Waals surface area contributed by atoms with Crippen LogP contribution in [0.25, 0.3) is 0 Å². The summed E-state index contributed by atoms with van der Waals surface area (Å²) in [5, 5.41) is 2.41. The van der Waals surface area contributed by atoms with Crippen LogP contribution in [0.15, 0.2) is 86.2 Å². The van der Waals surface area contributed by atoms with E-state index in [0.717, 1.165) is 29.0 Å². The van der Waals surface area contributed by atoms with Crippen molar-refractivity contribution in [1.82, 2.24) is 0 Å². The molecular weight excluding hydrogens is 859 g/mol. The molecule has 0 unspecified atom stereocenters. The maximum absolute atomic E-state index is 5.80. The summed E-state index contributed by atoms with van der Waals surface area (Å²) >= 11 is 62.0. The Morgan fingerprint density at radius 3 is 1.33 bits per heavy atom. The molecule has 0 fully saturated rings. The van der Waals surface area contributed by atoms with Gasteiger partial charge >= 0.3 is 18.0 Å². The molecule has 0 radical (unpaired) electrons. The van der Waals surface area contributed by atoms with Gasteiger partial charge in [-0.15, -0.1) is 99.7 Å². The lowest BCUT2D eigenvalue weighted by molar-refractivity contribution is 1.70. The van der Waals surface area contributed by atoms with E-state index in [0.29, 0.717) is 0 Å². The summed E-state index contributed by atoms with van der Waals surface area (Å²) in [6.07, 6.45) is 0. The number of rotatable bonds is 3. The number of hydrogen-bond acceptors (Lipinski definition) is 0. The molecule has 0 saturated heterocycles. The monoisotopic (exact) mass is 863 g/mol. The Hall–Kier alpha value is 2.36. The molecule has 0 spiro atoms. The second-order valence-electron chi connectivity index (χ2n) is 5.99. The summed E-state index contributed by atoms with van der Waals surface area (Å²) in [6.45, 7) is 0. The minimum Gasteiger partial charge on any atom is -0.121 e. The van der Waals surface area contributed by atoms with Crippen LogP contribution in [0.2, 0.25) is 0 Å². The molecule has 0 heterocycles. The van der Waals surface area contributed by atoms with Gasteiger partial charge in [0.15, 0.2) is 0 Å². The minimum absolute atomic E-state index is 0.796. The van der Waals surface area contributed by atoms with Gasteiger partial charge in [0.05, 0.1) is 0 Å². The number of hydrogen-bond donors (Lipinski definition) is 0. The fraction of sp³-hybridized carbons (Fsp3) is 0. The Balaban J connectivity index is 0.000000247. The molecule has 0 aromatic heterocycles. The highest BCUT2D eigenvalue weighted by molar-refractivity contribution is 9.11. The molecule has 0 nitrogen and oxygen atoms in total. The summed E-state index contributed by atoms with van der Waals surface area (Å²) in [6, 6.07) is 14.2. The van der Waals surface area contributed by atoms with Crippen LogP contribution in [0, 0.1) is 0 Å². The highest BCUT2D eigenvalue weighted by Gasteiger charge is 2.30. The van der Waals surface area contributed by atoms with Crippen molar-refractivity contribution in [2.24, 2.45) is 0 Å². The lowest BCUT2D eigenvalue weighted by Gasteiger charge is -2.09. The van der Waals surface area contributed by atoms with E-state index in [2.05, 4.69) is 47.8 Å². The average molecular weight is 871 g/mol. The Kier molecular flexibility index (Phi) is 15.3. The van der Waals surface area contributed by atoms with Crippen LogP contribution in [-0.4, -0.2) is 18.0 Å². The largest absolute Gasteiger partial charge is 0.374 e. The van der Waals surface area contributed by atoms with E-state index in [4.69, 9.17) is 99.7 Å². The lowest BCUT2D eigenvalue weighted by Crippen LogP contribution is -2.30. The van der Waals surface area contributed by atoms with Gasteiger partial charge in [-0.05, 0) is 45.9 Å². The Labute approximate surface area is 263 Å². The van der Waals surface area contributed by atoms with Gasteiger partial charge in [0, 0.05) is 13.4 Å². The summed E-state index contributed by atoms with van der Waals surface area (Å²) in [7, 11) is 0. The summed E-state index contributed by atoms with van der Waals surface area (Å²) in [5.74, 6) is 0. The zero-order chi connectivity index (χ0) is 25.4. The van der Waals surface area contributed by atoms with E-state index < -0.39 is 18.0 Å². The third-order valence-electron chi connectivity index (χ3n) is 3.50. The second-order valence-corrected chi connectivity index (χ2v) is 33.9. The van der Waals surface area contributed by atoms with Gasteiger partial charge in [0.25, 0.3) is 0 Å². The third-order valence-corrected chi connectivity index (χ3v) is 14.3. The molecule has 15 heteroatoms. The Morgan fingerprint density at radius 2 is 0.970 bits per heavy atom. The van der Waals surface area contributed by atoms with Gasteiger partial charge < -0.3 is 0 Å². The van der Waals surface area contributed by atoms with Gasteiger partial charge in [0.2, 0.25) is 0 Å². The standard InChI is InChI=1S/3C6H4BrCl3Si/c7-5-1-3-6(4-2-5)11(8,9)10;7-5-2-1-3-6(4-5)11(8,9)10;7-5-3-1-2-4-6(5)11(8,9)10/h3*1-4H. The van der Waals surface area contributed by atoms with Crippen molar-refractivity contribution in [3.05, 3.63) is 86.2 Å². The summed E-state index contributed by atoms with van der Waals surface area (Å²) in [4.78, 5) is 0. The van der Waals surface area contributed by atoms with E-state index >= 15 is 0 Å². The van der Waals surface area contributed by atoms with Crippen molar-refractivity contribution < 1.29 is 0 Å². The highest BCUT2D eigenvalue weighted by atomic mass is 79.9. The first-order valence-corrected chi connectivity index (χ1v) is 26.0. The molecule has 0 saturated carbocycles. The Bertz CT molecular complexity index is 1020. The molecule has 0 N–H and O–H groups in total. The van der Waals surface area contributed by atoms with E-state index in [9.17, 15) is 0 Å². The molecule has 3 rings (SSSR count). The van der Waals surface area contributed by atoms with E-state index in [1.165, 1.54) is 0 Å². The highest BCUT2D eigenvalue weighted by Crippen LogP contribution is 2.23. The molecular formula is C18H12Br3Cl9Si3. The predicted molar refractivity (Wildman–Crippen MR) is 171 cm³/mol. The topological polar surface area (TPSA) is 0 Å². The molecule has 0 atom stereocenters. The molecule has 0 amide bonds. The van der Waals surface area contributed by atoms with Crippen LogP contribution in [-0.2, 0) is 0 Å². The number of halogens is 12. The van der Waals surface area contributed by atoms with Crippen LogP contribution in [0.3, 0.4) is 0 Å². The second kappa shape index (κ2) is 15.1. The van der Waals surface area contributed by atoms with Gasteiger partial charge in [-0.1, -0.05) is 90.3 Å².